The van der Waals surface area contributed by atoms with Crippen molar-refractivity contribution in [1.82, 2.24) is 0 Å². The third-order valence-corrected chi connectivity index (χ3v) is 2.99. The van der Waals surface area contributed by atoms with Gasteiger partial charge in [0.25, 0.3) is 0 Å². The molecule has 0 saturated carbocycles. The molecule has 0 aromatic heterocycles. The maximum Gasteiger partial charge on any atom is 0.374 e. The molecule has 0 N–H and O–H groups in total. The number of esters is 1. The van der Waals surface area contributed by atoms with Crippen molar-refractivity contribution in [2.24, 2.45) is 0 Å². The first-order valence-corrected chi connectivity index (χ1v) is 8.49. The van der Waals surface area contributed by atoms with E-state index in [2.05, 4.69) is 4.74 Å². The number of aryl methyl sites for hydroxylation is 1. The Morgan fingerprint density at radius 2 is 1.72 bits per heavy atom. The number of carbonyl (C=O) groups is 3. The molecule has 6 nitrogen and oxygen atoms in total. The predicted molar refractivity (Wildman–Crippen MR) is 94.8 cm³/mol. The molecule has 0 fully saturated rings. The second-order valence-corrected chi connectivity index (χ2v) is 5.02. The molecular formula is C19H28O6. The third-order valence-electron chi connectivity index (χ3n) is 2.99. The summed E-state index contributed by atoms with van der Waals surface area (Å²) < 4.78 is 14.8. The van der Waals surface area contributed by atoms with Crippen LogP contribution in [0.2, 0.25) is 0 Å². The lowest BCUT2D eigenvalue weighted by atomic mass is 10.1. The number of hydrogen-bond acceptors (Lipinski definition) is 6. The summed E-state index contributed by atoms with van der Waals surface area (Å²) in [5, 5.41) is 0. The van der Waals surface area contributed by atoms with E-state index in [1.807, 2.05) is 32.0 Å². The Hall–Kier alpha value is -2.37. The van der Waals surface area contributed by atoms with Crippen LogP contribution in [0.3, 0.4) is 0 Å². The van der Waals surface area contributed by atoms with Crippen molar-refractivity contribution in [1.29, 1.82) is 0 Å². The fourth-order valence-electron chi connectivity index (χ4n) is 1.87. The normalized spacial score (nSPS) is 10.6. The molecule has 1 aromatic carbocycles. The van der Waals surface area contributed by atoms with Gasteiger partial charge < -0.3 is 19.0 Å². The van der Waals surface area contributed by atoms with Gasteiger partial charge in [-0.3, -0.25) is 4.79 Å². The van der Waals surface area contributed by atoms with Crippen LogP contribution in [-0.4, -0.2) is 30.9 Å². The average molecular weight is 352 g/mol. The molecule has 0 spiro atoms. The molecule has 0 saturated heterocycles. The van der Waals surface area contributed by atoms with Crippen LogP contribution in [0.1, 0.15) is 53.0 Å². The molecule has 1 aliphatic heterocycles. The van der Waals surface area contributed by atoms with Crippen LogP contribution >= 0.6 is 0 Å². The van der Waals surface area contributed by atoms with E-state index < -0.39 is 11.8 Å². The molecule has 25 heavy (non-hydrogen) atoms. The van der Waals surface area contributed by atoms with Crippen molar-refractivity contribution in [3.8, 4) is 11.5 Å². The predicted octanol–water partition coefficient (Wildman–Crippen LogP) is 3.49. The summed E-state index contributed by atoms with van der Waals surface area (Å²) in [6.45, 7) is 9.03. The summed E-state index contributed by atoms with van der Waals surface area (Å²) in [4.78, 5) is 31.0. The molecule has 0 bridgehead atoms. The Kier molecular flexibility index (Phi) is 11.8. The molecule has 0 radical (unpaired) electrons. The Morgan fingerprint density at radius 3 is 2.24 bits per heavy atom. The topological polar surface area (TPSA) is 78.9 Å². The van der Waals surface area contributed by atoms with Crippen LogP contribution < -0.4 is 9.47 Å². The highest BCUT2D eigenvalue weighted by Gasteiger charge is 2.12. The van der Waals surface area contributed by atoms with Crippen LogP contribution in [0.4, 0.5) is 0 Å². The Morgan fingerprint density at radius 1 is 1.08 bits per heavy atom. The summed E-state index contributed by atoms with van der Waals surface area (Å²) in [7, 11) is 0. The van der Waals surface area contributed by atoms with Crippen molar-refractivity contribution in [3.05, 3.63) is 23.8 Å². The van der Waals surface area contributed by atoms with E-state index >= 15 is 0 Å². The van der Waals surface area contributed by atoms with Crippen LogP contribution in [0.5, 0.6) is 11.5 Å². The lowest BCUT2D eigenvalue weighted by Crippen LogP contribution is -2.12. The quantitative estimate of drug-likeness (QED) is 0.576. The minimum absolute atomic E-state index is 0.246. The van der Waals surface area contributed by atoms with Crippen molar-refractivity contribution in [2.75, 3.05) is 13.4 Å². The second kappa shape index (κ2) is 13.0. The van der Waals surface area contributed by atoms with Gasteiger partial charge in [-0.2, -0.15) is 0 Å². The lowest BCUT2D eigenvalue weighted by Gasteiger charge is -2.01. The second-order valence-electron chi connectivity index (χ2n) is 5.02. The monoisotopic (exact) mass is 352 g/mol. The summed E-state index contributed by atoms with van der Waals surface area (Å²) in [6, 6.07) is 5.93. The van der Waals surface area contributed by atoms with E-state index in [1.165, 1.54) is 12.5 Å². The Balaban J connectivity index is 0.000000493. The molecule has 1 heterocycles. The number of carbonyl (C=O) groups excluding carboxylic acids is 3. The first-order valence-electron chi connectivity index (χ1n) is 8.49. The van der Waals surface area contributed by atoms with Crippen LogP contribution in [0.25, 0.3) is 0 Å². The number of rotatable bonds is 6. The van der Waals surface area contributed by atoms with Gasteiger partial charge in [-0.1, -0.05) is 19.9 Å². The van der Waals surface area contributed by atoms with E-state index in [-0.39, 0.29) is 12.4 Å². The van der Waals surface area contributed by atoms with Crippen molar-refractivity contribution >= 4 is 17.5 Å². The number of benzene rings is 1. The SMILES string of the molecule is CC.CC(=O)CCCc1ccc2c(c1)OCO2.CCOC(=O)C(C)=O. The number of ketones is 2. The highest BCUT2D eigenvalue weighted by molar-refractivity contribution is 6.32. The largest absolute Gasteiger partial charge is 0.460 e. The molecule has 140 valence electrons. The Bertz CT molecular complexity index is 565. The molecule has 1 aliphatic rings. The third kappa shape index (κ3) is 9.49. The first kappa shape index (κ1) is 22.6. The fourth-order valence-corrected chi connectivity index (χ4v) is 1.87. The number of ether oxygens (including phenoxy) is 3. The lowest BCUT2D eigenvalue weighted by molar-refractivity contribution is -0.152. The van der Waals surface area contributed by atoms with Gasteiger partial charge in [0.1, 0.15) is 5.78 Å². The van der Waals surface area contributed by atoms with Crippen molar-refractivity contribution in [2.45, 2.75) is 53.9 Å². The Labute approximate surface area is 149 Å². The zero-order chi connectivity index (χ0) is 19.2. The fraction of sp³-hybridized carbons (Fsp3) is 0.526. The maximum atomic E-state index is 10.8. The van der Waals surface area contributed by atoms with E-state index in [0.29, 0.717) is 13.2 Å². The molecule has 6 heteroatoms. The summed E-state index contributed by atoms with van der Waals surface area (Å²) in [5.41, 5.74) is 1.19. The molecule has 1 aromatic rings. The van der Waals surface area contributed by atoms with Gasteiger partial charge in [-0.15, -0.1) is 0 Å². The van der Waals surface area contributed by atoms with Gasteiger partial charge in [0.05, 0.1) is 6.61 Å². The van der Waals surface area contributed by atoms with Gasteiger partial charge in [0, 0.05) is 13.3 Å². The van der Waals surface area contributed by atoms with Crippen LogP contribution in [0, 0.1) is 0 Å². The molecular weight excluding hydrogens is 324 g/mol. The van der Waals surface area contributed by atoms with E-state index in [4.69, 9.17) is 9.47 Å². The first-order chi connectivity index (χ1) is 11.9. The highest BCUT2D eigenvalue weighted by atomic mass is 16.7. The molecule has 0 atom stereocenters. The molecule has 0 aliphatic carbocycles. The molecule has 2 rings (SSSR count). The van der Waals surface area contributed by atoms with Gasteiger partial charge in [-0.05, 0) is 44.4 Å². The zero-order valence-corrected chi connectivity index (χ0v) is 15.7. The minimum atomic E-state index is -0.757. The van der Waals surface area contributed by atoms with E-state index in [9.17, 15) is 14.4 Å². The highest BCUT2D eigenvalue weighted by Crippen LogP contribution is 2.32. The van der Waals surface area contributed by atoms with Gasteiger partial charge in [0.15, 0.2) is 11.5 Å². The summed E-state index contributed by atoms with van der Waals surface area (Å²) in [5.74, 6) is 0.565. The van der Waals surface area contributed by atoms with Crippen molar-refractivity contribution in [3.63, 3.8) is 0 Å². The molecule has 0 amide bonds. The van der Waals surface area contributed by atoms with Gasteiger partial charge in [-0.25, -0.2) is 4.79 Å². The van der Waals surface area contributed by atoms with E-state index in [0.717, 1.165) is 24.3 Å². The van der Waals surface area contributed by atoms with Crippen LogP contribution in [0.15, 0.2) is 18.2 Å². The standard InChI is InChI=1S/C12H14O3.C5H8O3.C2H6/c1-9(13)3-2-4-10-5-6-11-12(7-10)15-8-14-11;1-3-8-5(7)4(2)6;1-2/h5-7H,2-4,8H2,1H3;3H2,1-2H3;1-2H3. The van der Waals surface area contributed by atoms with Crippen LogP contribution in [-0.2, 0) is 25.5 Å². The number of hydrogen-bond donors (Lipinski definition) is 0. The number of Topliss-reactive ketones (excluding diaryl/α,β-unsaturated/α-hetero) is 2. The zero-order valence-electron chi connectivity index (χ0n) is 15.7. The molecule has 0 unspecified atom stereocenters. The maximum absolute atomic E-state index is 10.8. The smallest absolute Gasteiger partial charge is 0.374 e. The summed E-state index contributed by atoms with van der Waals surface area (Å²) in [6.07, 6.45) is 2.46. The minimum Gasteiger partial charge on any atom is -0.460 e. The number of fused-ring (bicyclic) bond motifs is 1. The summed E-state index contributed by atoms with van der Waals surface area (Å²) >= 11 is 0. The average Bonchev–Trinajstić information content (AvgIpc) is 3.05. The van der Waals surface area contributed by atoms with Gasteiger partial charge >= 0.3 is 5.97 Å². The van der Waals surface area contributed by atoms with Crippen molar-refractivity contribution < 1.29 is 28.6 Å². The van der Waals surface area contributed by atoms with Gasteiger partial charge in [0.2, 0.25) is 12.6 Å². The van der Waals surface area contributed by atoms with E-state index in [1.54, 1.807) is 13.8 Å².